The minimum absolute atomic E-state index is 0.0122. The van der Waals surface area contributed by atoms with Crippen molar-refractivity contribution in [2.24, 2.45) is 0 Å². The van der Waals surface area contributed by atoms with Gasteiger partial charge in [0.05, 0.1) is 17.0 Å². The van der Waals surface area contributed by atoms with Gasteiger partial charge in [0.1, 0.15) is 5.82 Å². The van der Waals surface area contributed by atoms with Gasteiger partial charge in [-0.25, -0.2) is 4.39 Å². The first-order chi connectivity index (χ1) is 6.52. The van der Waals surface area contributed by atoms with Crippen LogP contribution in [0.4, 0.5) is 4.39 Å². The average Bonchev–Trinajstić information content (AvgIpc) is 2.08. The first kappa shape index (κ1) is 11.1. The third-order valence-corrected chi connectivity index (χ3v) is 2.32. The third kappa shape index (κ3) is 2.52. The van der Waals surface area contributed by atoms with Crippen molar-refractivity contribution in [2.45, 2.75) is 12.5 Å². The molecule has 0 unspecified atom stereocenters. The van der Waals surface area contributed by atoms with E-state index in [1.54, 1.807) is 0 Å². The van der Waals surface area contributed by atoms with E-state index >= 15 is 0 Å². The summed E-state index contributed by atoms with van der Waals surface area (Å²) >= 11 is 2.95. The van der Waals surface area contributed by atoms with E-state index in [4.69, 9.17) is 5.11 Å². The van der Waals surface area contributed by atoms with Crippen molar-refractivity contribution >= 4 is 21.9 Å². The zero-order valence-electron chi connectivity index (χ0n) is 7.08. The Balaban J connectivity index is 2.95. The molecule has 0 spiro atoms. The summed E-state index contributed by atoms with van der Waals surface area (Å²) in [7, 11) is 0. The predicted octanol–water partition coefficient (Wildman–Crippen LogP) is 2.10. The second-order valence-corrected chi connectivity index (χ2v) is 3.61. The summed E-state index contributed by atoms with van der Waals surface area (Å²) in [4.78, 5) is 10.3. The summed E-state index contributed by atoms with van der Waals surface area (Å²) in [6.07, 6.45) is -1.82. The van der Waals surface area contributed by atoms with Gasteiger partial charge >= 0.3 is 5.97 Å². The van der Waals surface area contributed by atoms with Crippen LogP contribution in [0.3, 0.4) is 0 Å². The molecular formula is C9H8BrFO3. The molecule has 1 aromatic carbocycles. The quantitative estimate of drug-likeness (QED) is 0.877. The molecule has 1 atom stereocenters. The van der Waals surface area contributed by atoms with Gasteiger partial charge < -0.3 is 10.2 Å². The molecular weight excluding hydrogens is 255 g/mol. The van der Waals surface area contributed by atoms with Crippen molar-refractivity contribution in [2.75, 3.05) is 0 Å². The van der Waals surface area contributed by atoms with Gasteiger partial charge in [0.2, 0.25) is 0 Å². The highest BCUT2D eigenvalue weighted by Crippen LogP contribution is 2.25. The van der Waals surface area contributed by atoms with Gasteiger partial charge in [-0.15, -0.1) is 0 Å². The summed E-state index contributed by atoms with van der Waals surface area (Å²) in [6, 6.07) is 4.37. The molecule has 0 bridgehead atoms. The zero-order valence-corrected chi connectivity index (χ0v) is 8.66. The molecule has 0 aliphatic carbocycles. The van der Waals surface area contributed by atoms with Crippen LogP contribution in [0.2, 0.25) is 0 Å². The minimum atomic E-state index is -1.31. The fourth-order valence-electron chi connectivity index (χ4n) is 1.05. The lowest BCUT2D eigenvalue weighted by Crippen LogP contribution is -2.07. The molecule has 0 aliphatic heterocycles. The standard InChI is InChI=1S/C9H8BrFO3/c10-6-3-1-2-5(9(6)11)7(12)4-8(13)14/h1-3,7,12H,4H2,(H,13,14)/t7-/m1/s1. The SMILES string of the molecule is O=C(O)C[C@@H](O)c1cccc(Br)c1F. The highest BCUT2D eigenvalue weighted by atomic mass is 79.9. The summed E-state index contributed by atoms with van der Waals surface area (Å²) in [6.45, 7) is 0. The van der Waals surface area contributed by atoms with Crippen LogP contribution in [0.5, 0.6) is 0 Å². The number of hydrogen-bond acceptors (Lipinski definition) is 2. The number of hydrogen-bond donors (Lipinski definition) is 2. The minimum Gasteiger partial charge on any atom is -0.481 e. The molecule has 5 heteroatoms. The Hall–Kier alpha value is -0.940. The lowest BCUT2D eigenvalue weighted by molar-refractivity contribution is -0.139. The van der Waals surface area contributed by atoms with Gasteiger partial charge in [-0.05, 0) is 22.0 Å². The molecule has 0 amide bonds. The van der Waals surface area contributed by atoms with E-state index in [9.17, 15) is 14.3 Å². The Morgan fingerprint density at radius 3 is 2.79 bits per heavy atom. The second-order valence-electron chi connectivity index (χ2n) is 2.76. The molecule has 0 heterocycles. The van der Waals surface area contributed by atoms with E-state index in [2.05, 4.69) is 15.9 Å². The van der Waals surface area contributed by atoms with Crippen LogP contribution in [-0.2, 0) is 4.79 Å². The number of carboxylic acid groups (broad SMARTS) is 1. The Bertz CT molecular complexity index is 354. The van der Waals surface area contributed by atoms with E-state index in [-0.39, 0.29) is 10.0 Å². The Morgan fingerprint density at radius 2 is 2.21 bits per heavy atom. The number of aliphatic carboxylic acids is 1. The van der Waals surface area contributed by atoms with Crippen molar-refractivity contribution in [3.05, 3.63) is 34.1 Å². The monoisotopic (exact) mass is 262 g/mol. The number of halogens is 2. The van der Waals surface area contributed by atoms with Crippen LogP contribution in [-0.4, -0.2) is 16.2 Å². The highest BCUT2D eigenvalue weighted by molar-refractivity contribution is 9.10. The number of rotatable bonds is 3. The third-order valence-electron chi connectivity index (χ3n) is 1.71. The number of carboxylic acids is 1. The van der Waals surface area contributed by atoms with Gasteiger partial charge in [0, 0.05) is 5.56 Å². The fourth-order valence-corrected chi connectivity index (χ4v) is 1.43. The normalized spacial score (nSPS) is 12.5. The zero-order chi connectivity index (χ0) is 10.7. The maximum absolute atomic E-state index is 13.3. The molecule has 0 radical (unpaired) electrons. The van der Waals surface area contributed by atoms with Crippen LogP contribution in [0, 0.1) is 5.82 Å². The molecule has 3 nitrogen and oxygen atoms in total. The van der Waals surface area contributed by atoms with Gasteiger partial charge in [-0.2, -0.15) is 0 Å². The van der Waals surface area contributed by atoms with Crippen LogP contribution >= 0.6 is 15.9 Å². The van der Waals surface area contributed by atoms with Gasteiger partial charge in [0.25, 0.3) is 0 Å². The van der Waals surface area contributed by atoms with Gasteiger partial charge in [-0.1, -0.05) is 12.1 Å². The van der Waals surface area contributed by atoms with E-state index in [1.807, 2.05) is 0 Å². The van der Waals surface area contributed by atoms with E-state index in [0.29, 0.717) is 0 Å². The van der Waals surface area contributed by atoms with Crippen molar-refractivity contribution in [1.29, 1.82) is 0 Å². The first-order valence-electron chi connectivity index (χ1n) is 3.86. The molecule has 0 saturated carbocycles. The molecule has 76 valence electrons. The first-order valence-corrected chi connectivity index (χ1v) is 4.65. The van der Waals surface area contributed by atoms with Crippen LogP contribution in [0.25, 0.3) is 0 Å². The molecule has 0 aliphatic rings. The summed E-state index contributed by atoms with van der Waals surface area (Å²) in [5, 5.41) is 17.8. The maximum atomic E-state index is 13.3. The number of aliphatic hydroxyl groups excluding tert-OH is 1. The fraction of sp³-hybridized carbons (Fsp3) is 0.222. The predicted molar refractivity (Wildman–Crippen MR) is 51.3 cm³/mol. The van der Waals surface area contributed by atoms with Crippen molar-refractivity contribution in [3.8, 4) is 0 Å². The number of benzene rings is 1. The number of aliphatic hydroxyl groups is 1. The topological polar surface area (TPSA) is 57.5 Å². The molecule has 1 aromatic rings. The Labute approximate surface area is 88.3 Å². The summed E-state index contributed by atoms with van der Waals surface area (Å²) in [5.41, 5.74) is -0.0122. The smallest absolute Gasteiger partial charge is 0.306 e. The molecule has 1 rings (SSSR count). The van der Waals surface area contributed by atoms with Crippen molar-refractivity contribution in [1.82, 2.24) is 0 Å². The van der Waals surface area contributed by atoms with E-state index in [0.717, 1.165) is 0 Å². The summed E-state index contributed by atoms with van der Waals surface area (Å²) in [5.74, 6) is -1.79. The van der Waals surface area contributed by atoms with Crippen molar-refractivity contribution < 1.29 is 19.4 Å². The largest absolute Gasteiger partial charge is 0.481 e. The molecule has 14 heavy (non-hydrogen) atoms. The van der Waals surface area contributed by atoms with E-state index < -0.39 is 24.3 Å². The lowest BCUT2D eigenvalue weighted by atomic mass is 10.1. The Morgan fingerprint density at radius 1 is 1.57 bits per heavy atom. The molecule has 0 saturated heterocycles. The lowest BCUT2D eigenvalue weighted by Gasteiger charge is -2.09. The van der Waals surface area contributed by atoms with E-state index in [1.165, 1.54) is 18.2 Å². The highest BCUT2D eigenvalue weighted by Gasteiger charge is 2.17. The van der Waals surface area contributed by atoms with Crippen LogP contribution in [0.1, 0.15) is 18.1 Å². The Kier molecular flexibility index (Phi) is 3.60. The second kappa shape index (κ2) is 4.52. The molecule has 2 N–H and O–H groups in total. The van der Waals surface area contributed by atoms with Crippen LogP contribution in [0.15, 0.2) is 22.7 Å². The average molecular weight is 263 g/mol. The van der Waals surface area contributed by atoms with Crippen LogP contribution < -0.4 is 0 Å². The molecule has 0 fully saturated rings. The molecule has 0 aromatic heterocycles. The van der Waals surface area contributed by atoms with Gasteiger partial charge in [0.15, 0.2) is 0 Å². The van der Waals surface area contributed by atoms with Crippen molar-refractivity contribution in [3.63, 3.8) is 0 Å². The van der Waals surface area contributed by atoms with Gasteiger partial charge in [-0.3, -0.25) is 4.79 Å². The maximum Gasteiger partial charge on any atom is 0.306 e. The number of carbonyl (C=O) groups is 1. The summed E-state index contributed by atoms with van der Waals surface area (Å²) < 4.78 is 13.5.